The quantitative estimate of drug-likeness (QED) is 0.806. The summed E-state index contributed by atoms with van der Waals surface area (Å²) in [6.07, 6.45) is 0. The Morgan fingerprint density at radius 1 is 1.06 bits per heavy atom. The Bertz CT molecular complexity index is 523. The van der Waals surface area contributed by atoms with Crippen LogP contribution in [0.5, 0.6) is 11.5 Å². The Hall–Kier alpha value is -2.03. The second-order valence-electron chi connectivity index (χ2n) is 3.45. The number of para-hydroxylation sites is 1. The number of ether oxygens (including phenoxy) is 2. The Labute approximate surface area is 99.6 Å². The van der Waals surface area contributed by atoms with Crippen LogP contribution in [0.15, 0.2) is 36.4 Å². The normalized spacial score (nSPS) is 10.1. The van der Waals surface area contributed by atoms with Crippen molar-refractivity contribution in [2.75, 3.05) is 14.2 Å². The zero-order chi connectivity index (χ0) is 12.3. The second-order valence-corrected chi connectivity index (χ2v) is 3.45. The molecule has 2 aromatic carbocycles. The topological polar surface area (TPSA) is 18.5 Å². The molecule has 87 valence electrons. The van der Waals surface area contributed by atoms with E-state index in [0.29, 0.717) is 22.6 Å². The van der Waals surface area contributed by atoms with E-state index in [0.717, 1.165) is 0 Å². The maximum absolute atomic E-state index is 13.7. The van der Waals surface area contributed by atoms with Gasteiger partial charge in [0.2, 0.25) is 0 Å². The van der Waals surface area contributed by atoms with Gasteiger partial charge in [-0.25, -0.2) is 4.39 Å². The highest BCUT2D eigenvalue weighted by molar-refractivity contribution is 5.74. The molecule has 0 fully saturated rings. The SMILES string of the molecule is COc1cccc(-c2cc[c]cc2F)c1OC. The number of benzene rings is 2. The number of hydrogen-bond acceptors (Lipinski definition) is 2. The van der Waals surface area contributed by atoms with Crippen molar-refractivity contribution >= 4 is 0 Å². The molecule has 0 aliphatic heterocycles. The lowest BCUT2D eigenvalue weighted by atomic mass is 10.0. The Balaban J connectivity index is 2.63. The van der Waals surface area contributed by atoms with Crippen LogP contribution in [0.3, 0.4) is 0 Å². The van der Waals surface area contributed by atoms with Crippen molar-refractivity contribution in [2.45, 2.75) is 0 Å². The molecule has 17 heavy (non-hydrogen) atoms. The number of rotatable bonds is 3. The summed E-state index contributed by atoms with van der Waals surface area (Å²) in [6.45, 7) is 0. The summed E-state index contributed by atoms with van der Waals surface area (Å²) < 4.78 is 24.2. The Kier molecular flexibility index (Phi) is 3.28. The van der Waals surface area contributed by atoms with Crippen molar-refractivity contribution in [1.82, 2.24) is 0 Å². The van der Waals surface area contributed by atoms with Gasteiger partial charge in [0.25, 0.3) is 0 Å². The standard InChI is InChI=1S/C14H12FO2/c1-16-13-9-5-7-11(14(13)17-2)10-6-3-4-8-12(10)15/h3,5-9H,1-2H3. The highest BCUT2D eigenvalue weighted by Gasteiger charge is 2.13. The molecule has 0 amide bonds. The fourth-order valence-corrected chi connectivity index (χ4v) is 1.73. The number of hydrogen-bond donors (Lipinski definition) is 0. The van der Waals surface area contributed by atoms with E-state index in [1.807, 2.05) is 0 Å². The molecular formula is C14H12FO2. The number of methoxy groups -OCH3 is 2. The molecule has 2 aromatic rings. The molecule has 0 atom stereocenters. The Morgan fingerprint density at radius 2 is 1.88 bits per heavy atom. The highest BCUT2D eigenvalue weighted by atomic mass is 19.1. The number of halogens is 1. The van der Waals surface area contributed by atoms with E-state index in [4.69, 9.17) is 9.47 Å². The second kappa shape index (κ2) is 4.87. The van der Waals surface area contributed by atoms with Gasteiger partial charge in [0.05, 0.1) is 14.2 Å². The third kappa shape index (κ3) is 2.09. The molecule has 0 bridgehead atoms. The molecule has 0 aliphatic carbocycles. The molecule has 1 radical (unpaired) electrons. The van der Waals surface area contributed by atoms with Crippen molar-refractivity contribution in [3.63, 3.8) is 0 Å². The molecule has 0 unspecified atom stereocenters. The lowest BCUT2D eigenvalue weighted by Gasteiger charge is -2.12. The average Bonchev–Trinajstić information content (AvgIpc) is 2.38. The molecule has 0 saturated carbocycles. The van der Waals surface area contributed by atoms with E-state index in [1.165, 1.54) is 13.2 Å². The molecule has 0 aromatic heterocycles. The lowest BCUT2D eigenvalue weighted by molar-refractivity contribution is 0.356. The van der Waals surface area contributed by atoms with Crippen LogP contribution in [-0.2, 0) is 0 Å². The van der Waals surface area contributed by atoms with Gasteiger partial charge in [-0.15, -0.1) is 0 Å². The zero-order valence-electron chi connectivity index (χ0n) is 9.66. The fourth-order valence-electron chi connectivity index (χ4n) is 1.73. The molecule has 0 saturated heterocycles. The van der Waals surface area contributed by atoms with Gasteiger partial charge in [-0.1, -0.05) is 24.3 Å². The van der Waals surface area contributed by atoms with Crippen LogP contribution in [0.1, 0.15) is 0 Å². The van der Waals surface area contributed by atoms with E-state index in [2.05, 4.69) is 6.07 Å². The van der Waals surface area contributed by atoms with E-state index < -0.39 is 0 Å². The highest BCUT2D eigenvalue weighted by Crippen LogP contribution is 2.38. The van der Waals surface area contributed by atoms with Crippen LogP contribution in [0, 0.1) is 11.9 Å². The van der Waals surface area contributed by atoms with Gasteiger partial charge in [-0.05, 0) is 18.2 Å². The van der Waals surface area contributed by atoms with E-state index in [1.54, 1.807) is 37.4 Å². The summed E-state index contributed by atoms with van der Waals surface area (Å²) in [7, 11) is 3.09. The molecule has 2 rings (SSSR count). The van der Waals surface area contributed by atoms with Crippen LogP contribution in [0.2, 0.25) is 0 Å². The monoisotopic (exact) mass is 231 g/mol. The van der Waals surface area contributed by atoms with Gasteiger partial charge in [0, 0.05) is 11.1 Å². The zero-order valence-corrected chi connectivity index (χ0v) is 9.66. The van der Waals surface area contributed by atoms with Crippen LogP contribution >= 0.6 is 0 Å². The van der Waals surface area contributed by atoms with Crippen molar-refractivity contribution in [2.24, 2.45) is 0 Å². The fraction of sp³-hybridized carbons (Fsp3) is 0.143. The third-order valence-corrected chi connectivity index (χ3v) is 2.51. The van der Waals surface area contributed by atoms with Crippen molar-refractivity contribution in [3.8, 4) is 22.6 Å². The first-order valence-corrected chi connectivity index (χ1v) is 5.15. The van der Waals surface area contributed by atoms with Gasteiger partial charge in [0.15, 0.2) is 11.5 Å². The minimum absolute atomic E-state index is 0.334. The summed E-state index contributed by atoms with van der Waals surface area (Å²) in [4.78, 5) is 0. The van der Waals surface area contributed by atoms with Crippen LogP contribution in [0.4, 0.5) is 4.39 Å². The van der Waals surface area contributed by atoms with Gasteiger partial charge < -0.3 is 9.47 Å². The predicted molar refractivity (Wildman–Crippen MR) is 63.8 cm³/mol. The summed E-state index contributed by atoms with van der Waals surface area (Å²) in [5.41, 5.74) is 1.14. The van der Waals surface area contributed by atoms with Crippen molar-refractivity contribution in [3.05, 3.63) is 48.3 Å². The molecule has 0 N–H and O–H groups in total. The van der Waals surface area contributed by atoms with Crippen molar-refractivity contribution < 1.29 is 13.9 Å². The first kappa shape index (κ1) is 11.5. The van der Waals surface area contributed by atoms with Crippen LogP contribution in [0.25, 0.3) is 11.1 Å². The Morgan fingerprint density at radius 3 is 2.53 bits per heavy atom. The molecule has 0 heterocycles. The molecule has 0 spiro atoms. The van der Waals surface area contributed by atoms with Gasteiger partial charge in [-0.3, -0.25) is 0 Å². The van der Waals surface area contributed by atoms with E-state index in [-0.39, 0.29) is 5.82 Å². The summed E-state index contributed by atoms with van der Waals surface area (Å²) >= 11 is 0. The lowest BCUT2D eigenvalue weighted by Crippen LogP contribution is -1.94. The maximum Gasteiger partial charge on any atom is 0.168 e. The summed E-state index contributed by atoms with van der Waals surface area (Å²) in [6, 6.07) is 12.7. The predicted octanol–water partition coefficient (Wildman–Crippen LogP) is 3.31. The minimum Gasteiger partial charge on any atom is -0.493 e. The largest absolute Gasteiger partial charge is 0.493 e. The molecule has 0 aliphatic rings. The first-order chi connectivity index (χ1) is 8.27. The smallest absolute Gasteiger partial charge is 0.168 e. The minimum atomic E-state index is -0.334. The first-order valence-electron chi connectivity index (χ1n) is 5.15. The van der Waals surface area contributed by atoms with Crippen LogP contribution in [-0.4, -0.2) is 14.2 Å². The van der Waals surface area contributed by atoms with E-state index >= 15 is 0 Å². The molecule has 2 nitrogen and oxygen atoms in total. The molecular weight excluding hydrogens is 219 g/mol. The molecule has 3 heteroatoms. The summed E-state index contributed by atoms with van der Waals surface area (Å²) in [5, 5.41) is 0. The van der Waals surface area contributed by atoms with Gasteiger partial charge in [-0.2, -0.15) is 0 Å². The van der Waals surface area contributed by atoms with Crippen LogP contribution < -0.4 is 9.47 Å². The summed E-state index contributed by atoms with van der Waals surface area (Å²) in [5.74, 6) is 0.774. The van der Waals surface area contributed by atoms with Gasteiger partial charge >= 0.3 is 0 Å². The third-order valence-electron chi connectivity index (χ3n) is 2.51. The van der Waals surface area contributed by atoms with Gasteiger partial charge in [0.1, 0.15) is 5.82 Å². The van der Waals surface area contributed by atoms with Crippen molar-refractivity contribution in [1.29, 1.82) is 0 Å². The average molecular weight is 231 g/mol. The van der Waals surface area contributed by atoms with E-state index in [9.17, 15) is 4.39 Å². The maximum atomic E-state index is 13.7.